The van der Waals surface area contributed by atoms with E-state index in [9.17, 15) is 4.79 Å². The van der Waals surface area contributed by atoms with Gasteiger partial charge in [0.05, 0.1) is 0 Å². The molecule has 0 spiro atoms. The summed E-state index contributed by atoms with van der Waals surface area (Å²) in [5.41, 5.74) is 6.98. The molecule has 25 heavy (non-hydrogen) atoms. The molecule has 1 fully saturated rings. The van der Waals surface area contributed by atoms with E-state index in [0.29, 0.717) is 5.96 Å². The third-order valence-corrected chi connectivity index (χ3v) is 5.38. The van der Waals surface area contributed by atoms with Gasteiger partial charge in [-0.3, -0.25) is 9.69 Å². The Kier molecular flexibility index (Phi) is 4.04. The van der Waals surface area contributed by atoms with Crippen LogP contribution in [0.3, 0.4) is 0 Å². The Morgan fingerprint density at radius 3 is 1.92 bits per heavy atom. The van der Waals surface area contributed by atoms with Gasteiger partial charge in [0.25, 0.3) is 5.91 Å². The van der Waals surface area contributed by atoms with Crippen molar-refractivity contribution in [2.24, 2.45) is 10.7 Å². The second-order valence-corrected chi connectivity index (χ2v) is 6.88. The van der Waals surface area contributed by atoms with Gasteiger partial charge in [-0.1, -0.05) is 79.9 Å². The van der Waals surface area contributed by atoms with Gasteiger partial charge >= 0.3 is 0 Å². The molecule has 0 aromatic heterocycles. The van der Waals surface area contributed by atoms with Crippen molar-refractivity contribution in [2.45, 2.75) is 43.7 Å². The Morgan fingerprint density at radius 2 is 1.40 bits per heavy atom. The highest BCUT2D eigenvalue weighted by Gasteiger charge is 2.52. The van der Waals surface area contributed by atoms with Crippen molar-refractivity contribution in [3.63, 3.8) is 0 Å². The summed E-state index contributed by atoms with van der Waals surface area (Å²) in [6.45, 7) is 0. The Bertz CT molecular complexity index is 740. The van der Waals surface area contributed by atoms with E-state index in [1.165, 1.54) is 6.42 Å². The largest absolute Gasteiger partial charge is 0.369 e. The molecule has 1 aliphatic carbocycles. The SMILES string of the molecule is NC1=NC(c2ccccc2)(c2ccccc2)C(=O)N1C1CCCCC1. The second-order valence-electron chi connectivity index (χ2n) is 6.88. The predicted molar refractivity (Wildman–Crippen MR) is 99.0 cm³/mol. The highest BCUT2D eigenvalue weighted by molar-refractivity contribution is 6.09. The van der Waals surface area contributed by atoms with Crippen molar-refractivity contribution in [3.05, 3.63) is 71.8 Å². The quantitative estimate of drug-likeness (QED) is 0.935. The zero-order valence-electron chi connectivity index (χ0n) is 14.3. The van der Waals surface area contributed by atoms with Gasteiger partial charge < -0.3 is 5.73 Å². The van der Waals surface area contributed by atoms with E-state index in [2.05, 4.69) is 0 Å². The van der Waals surface area contributed by atoms with Gasteiger partial charge in [0, 0.05) is 6.04 Å². The lowest BCUT2D eigenvalue weighted by Crippen LogP contribution is -2.49. The third kappa shape index (κ3) is 2.53. The highest BCUT2D eigenvalue weighted by Crippen LogP contribution is 2.41. The number of nitrogens with zero attached hydrogens (tertiary/aromatic N) is 2. The van der Waals surface area contributed by atoms with Crippen molar-refractivity contribution in [3.8, 4) is 0 Å². The molecule has 4 rings (SSSR count). The van der Waals surface area contributed by atoms with Crippen LogP contribution >= 0.6 is 0 Å². The van der Waals surface area contributed by atoms with Crippen molar-refractivity contribution in [1.82, 2.24) is 4.90 Å². The molecule has 2 aromatic rings. The topological polar surface area (TPSA) is 58.7 Å². The first-order valence-corrected chi connectivity index (χ1v) is 9.03. The van der Waals surface area contributed by atoms with Gasteiger partial charge in [0.1, 0.15) is 0 Å². The Morgan fingerprint density at radius 1 is 0.880 bits per heavy atom. The van der Waals surface area contributed by atoms with Crippen molar-refractivity contribution in [1.29, 1.82) is 0 Å². The normalized spacial score (nSPS) is 20.6. The fraction of sp³-hybridized carbons (Fsp3) is 0.333. The lowest BCUT2D eigenvalue weighted by Gasteiger charge is -2.33. The zero-order valence-corrected chi connectivity index (χ0v) is 14.3. The van der Waals surface area contributed by atoms with Gasteiger partial charge in [-0.2, -0.15) is 0 Å². The number of nitrogens with two attached hydrogens (primary N) is 1. The molecule has 0 unspecified atom stereocenters. The van der Waals surface area contributed by atoms with Crippen molar-refractivity contribution < 1.29 is 4.79 Å². The molecule has 0 bridgehead atoms. The van der Waals surface area contributed by atoms with Crippen LogP contribution in [0, 0.1) is 0 Å². The number of guanidine groups is 1. The lowest BCUT2D eigenvalue weighted by molar-refractivity contribution is -0.132. The average Bonchev–Trinajstić information content (AvgIpc) is 2.95. The molecule has 4 nitrogen and oxygen atoms in total. The first-order chi connectivity index (χ1) is 12.2. The van der Waals surface area contributed by atoms with E-state index < -0.39 is 5.54 Å². The Labute approximate surface area is 148 Å². The molecular formula is C21H23N3O. The summed E-state index contributed by atoms with van der Waals surface area (Å²) in [5.74, 6) is 0.332. The van der Waals surface area contributed by atoms with Crippen molar-refractivity contribution in [2.75, 3.05) is 0 Å². The fourth-order valence-electron chi connectivity index (χ4n) is 4.15. The molecule has 0 atom stereocenters. The summed E-state index contributed by atoms with van der Waals surface area (Å²) >= 11 is 0. The summed E-state index contributed by atoms with van der Waals surface area (Å²) < 4.78 is 0. The minimum atomic E-state index is -1.07. The molecule has 4 heteroatoms. The minimum Gasteiger partial charge on any atom is -0.369 e. The number of aliphatic imine (C=N–C) groups is 1. The predicted octanol–water partition coefficient (Wildman–Crippen LogP) is 3.42. The molecular weight excluding hydrogens is 310 g/mol. The van der Waals surface area contributed by atoms with Gasteiger partial charge in [0.15, 0.2) is 11.5 Å². The summed E-state index contributed by atoms with van der Waals surface area (Å²) in [6.07, 6.45) is 5.53. The fourth-order valence-corrected chi connectivity index (χ4v) is 4.15. The van der Waals surface area contributed by atoms with E-state index >= 15 is 0 Å². The number of hydrogen-bond acceptors (Lipinski definition) is 3. The number of carbonyl (C=O) groups is 1. The molecule has 128 valence electrons. The first-order valence-electron chi connectivity index (χ1n) is 9.03. The number of carbonyl (C=O) groups excluding carboxylic acids is 1. The smallest absolute Gasteiger partial charge is 0.266 e. The number of rotatable bonds is 3. The van der Waals surface area contributed by atoms with E-state index in [0.717, 1.165) is 36.8 Å². The van der Waals surface area contributed by atoms with Crippen LogP contribution < -0.4 is 5.73 Å². The summed E-state index contributed by atoms with van der Waals surface area (Å²) in [7, 11) is 0. The van der Waals surface area contributed by atoms with Crippen LogP contribution in [0.2, 0.25) is 0 Å². The number of hydrogen-bond donors (Lipinski definition) is 1. The molecule has 1 amide bonds. The van der Waals surface area contributed by atoms with Crippen LogP contribution in [0.25, 0.3) is 0 Å². The average molecular weight is 333 g/mol. The maximum atomic E-state index is 13.7. The highest BCUT2D eigenvalue weighted by atomic mass is 16.2. The van der Waals surface area contributed by atoms with E-state index in [1.54, 1.807) is 4.90 Å². The molecule has 0 saturated heterocycles. The summed E-state index contributed by atoms with van der Waals surface area (Å²) in [4.78, 5) is 20.2. The van der Waals surface area contributed by atoms with Crippen LogP contribution in [0.1, 0.15) is 43.2 Å². The summed E-state index contributed by atoms with van der Waals surface area (Å²) in [6, 6.07) is 19.7. The van der Waals surface area contributed by atoms with Crippen LogP contribution in [0.5, 0.6) is 0 Å². The molecule has 2 N–H and O–H groups in total. The van der Waals surface area contributed by atoms with Gasteiger partial charge in [-0.05, 0) is 24.0 Å². The molecule has 1 saturated carbocycles. The van der Waals surface area contributed by atoms with Gasteiger partial charge in [-0.15, -0.1) is 0 Å². The Hall–Kier alpha value is -2.62. The molecule has 2 aromatic carbocycles. The molecule has 0 radical (unpaired) electrons. The van der Waals surface area contributed by atoms with Crippen LogP contribution in [0.15, 0.2) is 65.7 Å². The monoisotopic (exact) mass is 333 g/mol. The standard InChI is InChI=1S/C21H23N3O/c22-20-23-21(16-10-4-1-5-11-16,17-12-6-2-7-13-17)19(25)24(20)18-14-8-3-9-15-18/h1-2,4-7,10-13,18H,3,8-9,14-15H2,(H2,22,23). The van der Waals surface area contributed by atoms with E-state index in [4.69, 9.17) is 10.7 Å². The molecule has 2 aliphatic rings. The second kappa shape index (κ2) is 6.36. The van der Waals surface area contributed by atoms with E-state index in [-0.39, 0.29) is 11.9 Å². The van der Waals surface area contributed by atoms with E-state index in [1.807, 2.05) is 60.7 Å². The number of benzene rings is 2. The molecule has 1 heterocycles. The number of amides is 1. The van der Waals surface area contributed by atoms with Gasteiger partial charge in [-0.25, -0.2) is 4.99 Å². The van der Waals surface area contributed by atoms with Crippen LogP contribution in [0.4, 0.5) is 0 Å². The van der Waals surface area contributed by atoms with Gasteiger partial charge in [0.2, 0.25) is 0 Å². The third-order valence-electron chi connectivity index (χ3n) is 5.38. The lowest BCUT2D eigenvalue weighted by atomic mass is 9.82. The molecule has 1 aliphatic heterocycles. The maximum Gasteiger partial charge on any atom is 0.266 e. The van der Waals surface area contributed by atoms with Crippen LogP contribution in [-0.2, 0) is 10.3 Å². The first kappa shape index (κ1) is 15.9. The maximum absolute atomic E-state index is 13.7. The Balaban J connectivity index is 1.84. The van der Waals surface area contributed by atoms with Crippen molar-refractivity contribution >= 4 is 11.9 Å². The van der Waals surface area contributed by atoms with Crippen LogP contribution in [-0.4, -0.2) is 22.8 Å². The minimum absolute atomic E-state index is 0.0192. The zero-order chi connectivity index (χ0) is 17.3. The summed E-state index contributed by atoms with van der Waals surface area (Å²) in [5, 5.41) is 0.